The molecule has 3 aromatic rings. The number of hydrogen-bond acceptors (Lipinski definition) is 7. The summed E-state index contributed by atoms with van der Waals surface area (Å²) in [6, 6.07) is 7.90. The molecule has 3 heterocycles. The van der Waals surface area contributed by atoms with E-state index in [0.717, 1.165) is 36.3 Å². The molecule has 1 amide bonds. The van der Waals surface area contributed by atoms with Crippen molar-refractivity contribution in [1.82, 2.24) is 25.2 Å². The molecule has 0 saturated carbocycles. The van der Waals surface area contributed by atoms with Gasteiger partial charge in [0, 0.05) is 38.6 Å². The van der Waals surface area contributed by atoms with Gasteiger partial charge in [-0.15, -0.1) is 11.3 Å². The van der Waals surface area contributed by atoms with Crippen molar-refractivity contribution in [3.05, 3.63) is 42.4 Å². The van der Waals surface area contributed by atoms with Gasteiger partial charge in [0.2, 0.25) is 0 Å². The fourth-order valence-corrected chi connectivity index (χ4v) is 4.65. The Balaban J connectivity index is 1.38. The third-order valence-corrected chi connectivity index (χ3v) is 5.88. The van der Waals surface area contributed by atoms with Crippen molar-refractivity contribution in [2.75, 3.05) is 26.2 Å². The molecule has 29 heavy (non-hydrogen) atoms. The van der Waals surface area contributed by atoms with Crippen LogP contribution in [0.4, 0.5) is 0 Å². The highest BCUT2D eigenvalue weighted by molar-refractivity contribution is 7.21. The van der Waals surface area contributed by atoms with Gasteiger partial charge in [0.05, 0.1) is 22.4 Å². The predicted molar refractivity (Wildman–Crippen MR) is 114 cm³/mol. The topological polar surface area (TPSA) is 80.2 Å². The Bertz CT molecular complexity index is 949. The fraction of sp³-hybridized carbons (Fsp3) is 0.429. The number of rotatable bonds is 6. The highest BCUT2D eigenvalue weighted by Crippen LogP contribution is 2.29. The van der Waals surface area contributed by atoms with E-state index in [1.807, 2.05) is 24.3 Å². The number of nitrogens with one attached hydrogen (secondary N) is 1. The van der Waals surface area contributed by atoms with Crippen molar-refractivity contribution in [2.45, 2.75) is 32.5 Å². The van der Waals surface area contributed by atoms with E-state index in [0.29, 0.717) is 22.9 Å². The summed E-state index contributed by atoms with van der Waals surface area (Å²) in [5, 5.41) is 3.69. The van der Waals surface area contributed by atoms with Crippen molar-refractivity contribution in [3.63, 3.8) is 0 Å². The van der Waals surface area contributed by atoms with Gasteiger partial charge in [-0.2, -0.15) is 0 Å². The standard InChI is InChI=1S/C21H25N5O2S/c1-14-12-26(13-15(2)28-14)11-5-8-24-20(27)18-19(23-10-9-22-18)21-25-16-6-3-4-7-17(16)29-21/h3-4,6-7,9-10,14-15H,5,8,11-13H2,1-2H3,(H,24,27)/t14-,15-/m0/s1. The van der Waals surface area contributed by atoms with Crippen LogP contribution in [0.5, 0.6) is 0 Å². The van der Waals surface area contributed by atoms with Crippen molar-refractivity contribution in [2.24, 2.45) is 0 Å². The number of para-hydroxylation sites is 1. The van der Waals surface area contributed by atoms with Crippen LogP contribution in [0, 0.1) is 0 Å². The van der Waals surface area contributed by atoms with E-state index in [2.05, 4.69) is 39.0 Å². The third-order valence-electron chi connectivity index (χ3n) is 4.84. The van der Waals surface area contributed by atoms with Crippen LogP contribution in [0.15, 0.2) is 36.7 Å². The number of nitrogens with zero attached hydrogens (tertiary/aromatic N) is 4. The van der Waals surface area contributed by atoms with Crippen molar-refractivity contribution in [1.29, 1.82) is 0 Å². The number of fused-ring (bicyclic) bond motifs is 1. The van der Waals surface area contributed by atoms with E-state index in [1.165, 1.54) is 11.3 Å². The second-order valence-electron chi connectivity index (χ2n) is 7.37. The van der Waals surface area contributed by atoms with Gasteiger partial charge in [0.15, 0.2) is 5.69 Å². The molecule has 0 bridgehead atoms. The average Bonchev–Trinajstić information content (AvgIpc) is 3.14. The second kappa shape index (κ2) is 8.94. The molecule has 4 rings (SSSR count). The predicted octanol–water partition coefficient (Wildman–Crippen LogP) is 2.98. The summed E-state index contributed by atoms with van der Waals surface area (Å²) < 4.78 is 6.83. The van der Waals surface area contributed by atoms with Gasteiger partial charge in [-0.1, -0.05) is 12.1 Å². The molecule has 1 aromatic carbocycles. The van der Waals surface area contributed by atoms with E-state index < -0.39 is 0 Å². The van der Waals surface area contributed by atoms with Crippen molar-refractivity contribution in [3.8, 4) is 10.7 Å². The summed E-state index contributed by atoms with van der Waals surface area (Å²) in [4.78, 5) is 28.4. The zero-order valence-electron chi connectivity index (χ0n) is 16.7. The lowest BCUT2D eigenvalue weighted by molar-refractivity contribution is -0.0679. The van der Waals surface area contributed by atoms with Crippen molar-refractivity contribution < 1.29 is 9.53 Å². The number of amides is 1. The number of benzene rings is 1. The molecule has 1 aliphatic heterocycles. The maximum atomic E-state index is 12.7. The molecule has 1 saturated heterocycles. The zero-order valence-corrected chi connectivity index (χ0v) is 17.5. The highest BCUT2D eigenvalue weighted by Gasteiger charge is 2.22. The summed E-state index contributed by atoms with van der Waals surface area (Å²) in [6.07, 6.45) is 4.52. The van der Waals surface area contributed by atoms with Crippen LogP contribution in [0.3, 0.4) is 0 Å². The lowest BCUT2D eigenvalue weighted by Gasteiger charge is -2.35. The van der Waals surface area contributed by atoms with E-state index >= 15 is 0 Å². The molecule has 0 spiro atoms. The minimum absolute atomic E-state index is 0.212. The molecular formula is C21H25N5O2S. The number of hydrogen-bond donors (Lipinski definition) is 1. The fourth-order valence-electron chi connectivity index (χ4n) is 3.69. The van der Waals surface area contributed by atoms with Gasteiger partial charge in [0.25, 0.3) is 5.91 Å². The van der Waals surface area contributed by atoms with E-state index in [4.69, 9.17) is 4.74 Å². The first-order valence-corrected chi connectivity index (χ1v) is 10.7. The highest BCUT2D eigenvalue weighted by atomic mass is 32.1. The van der Waals surface area contributed by atoms with Crippen LogP contribution < -0.4 is 5.32 Å². The molecule has 0 radical (unpaired) electrons. The van der Waals surface area contributed by atoms with Crippen LogP contribution in [0.25, 0.3) is 20.9 Å². The lowest BCUT2D eigenvalue weighted by atomic mass is 10.2. The molecule has 2 aromatic heterocycles. The summed E-state index contributed by atoms with van der Waals surface area (Å²) >= 11 is 1.52. The van der Waals surface area contributed by atoms with Gasteiger partial charge < -0.3 is 10.1 Å². The molecule has 1 N–H and O–H groups in total. The van der Waals surface area contributed by atoms with Crippen LogP contribution in [0.2, 0.25) is 0 Å². The normalized spacial score (nSPS) is 20.1. The Kier molecular flexibility index (Phi) is 6.13. The maximum Gasteiger partial charge on any atom is 0.272 e. The van der Waals surface area contributed by atoms with Gasteiger partial charge in [0.1, 0.15) is 10.7 Å². The van der Waals surface area contributed by atoms with Crippen molar-refractivity contribution >= 4 is 27.5 Å². The summed E-state index contributed by atoms with van der Waals surface area (Å²) in [5.74, 6) is -0.212. The van der Waals surface area contributed by atoms with Crippen LogP contribution >= 0.6 is 11.3 Å². The quantitative estimate of drug-likeness (QED) is 0.628. The number of ether oxygens (including phenoxy) is 1. The Morgan fingerprint density at radius 2 is 1.97 bits per heavy atom. The Labute approximate surface area is 174 Å². The molecule has 152 valence electrons. The largest absolute Gasteiger partial charge is 0.373 e. The smallest absolute Gasteiger partial charge is 0.272 e. The molecule has 7 nitrogen and oxygen atoms in total. The lowest BCUT2D eigenvalue weighted by Crippen LogP contribution is -2.46. The average molecular weight is 412 g/mol. The van der Waals surface area contributed by atoms with E-state index in [-0.39, 0.29) is 18.1 Å². The number of carbonyl (C=O) groups excluding carboxylic acids is 1. The van der Waals surface area contributed by atoms with Gasteiger partial charge in [-0.05, 0) is 32.4 Å². The van der Waals surface area contributed by atoms with E-state index in [1.54, 1.807) is 12.4 Å². The first-order valence-electron chi connectivity index (χ1n) is 9.93. The first kappa shape index (κ1) is 19.9. The summed E-state index contributed by atoms with van der Waals surface area (Å²) in [6.45, 7) is 7.59. The molecule has 0 aliphatic carbocycles. The molecule has 0 unspecified atom stereocenters. The minimum atomic E-state index is -0.212. The zero-order chi connectivity index (χ0) is 20.2. The van der Waals surface area contributed by atoms with Crippen LogP contribution in [-0.2, 0) is 4.74 Å². The molecular weight excluding hydrogens is 386 g/mol. The minimum Gasteiger partial charge on any atom is -0.373 e. The summed E-state index contributed by atoms with van der Waals surface area (Å²) in [5.41, 5.74) is 1.75. The van der Waals surface area contributed by atoms with Crippen LogP contribution in [0.1, 0.15) is 30.8 Å². The van der Waals surface area contributed by atoms with E-state index in [9.17, 15) is 4.79 Å². The number of aromatic nitrogens is 3. The van der Waals surface area contributed by atoms with Gasteiger partial charge >= 0.3 is 0 Å². The molecule has 1 aliphatic rings. The second-order valence-corrected chi connectivity index (χ2v) is 8.40. The van der Waals surface area contributed by atoms with Gasteiger partial charge in [-0.3, -0.25) is 9.69 Å². The Morgan fingerprint density at radius 1 is 1.21 bits per heavy atom. The first-order chi connectivity index (χ1) is 14.1. The molecule has 1 fully saturated rings. The third kappa shape index (κ3) is 4.77. The Hall–Kier alpha value is -2.42. The number of thiazole rings is 1. The number of morpholine rings is 1. The Morgan fingerprint density at radius 3 is 2.76 bits per heavy atom. The SMILES string of the molecule is C[C@H]1CN(CCCNC(=O)c2nccnc2-c2nc3ccccc3s2)C[C@H](C)O1. The number of carbonyl (C=O) groups is 1. The van der Waals surface area contributed by atoms with Crippen LogP contribution in [-0.4, -0.2) is 64.1 Å². The molecule has 8 heteroatoms. The van der Waals surface area contributed by atoms with Gasteiger partial charge in [-0.25, -0.2) is 15.0 Å². The summed E-state index contributed by atoms with van der Waals surface area (Å²) in [7, 11) is 0. The molecule has 2 atom stereocenters. The monoisotopic (exact) mass is 411 g/mol. The maximum absolute atomic E-state index is 12.7.